The predicted molar refractivity (Wildman–Crippen MR) is 116 cm³/mol. The Labute approximate surface area is 177 Å². The molecule has 2 aromatic rings. The molecule has 1 N–H and O–H groups in total. The van der Waals surface area contributed by atoms with E-state index in [2.05, 4.69) is 5.32 Å². The van der Waals surface area contributed by atoms with Crippen molar-refractivity contribution in [3.05, 3.63) is 58.7 Å². The molecule has 0 saturated heterocycles. The van der Waals surface area contributed by atoms with Gasteiger partial charge >= 0.3 is 0 Å². The second kappa shape index (κ2) is 9.57. The van der Waals surface area contributed by atoms with Crippen LogP contribution in [0.4, 0.5) is 5.69 Å². The number of carbonyl (C=O) groups is 3. The van der Waals surface area contributed by atoms with Crippen molar-refractivity contribution in [1.29, 1.82) is 0 Å². The number of nitrogens with zero attached hydrogens (tertiary/aromatic N) is 1. The van der Waals surface area contributed by atoms with Crippen LogP contribution >= 0.6 is 0 Å². The van der Waals surface area contributed by atoms with Crippen molar-refractivity contribution in [3.63, 3.8) is 0 Å². The summed E-state index contributed by atoms with van der Waals surface area (Å²) in [5.74, 6) is -0.0495. The van der Waals surface area contributed by atoms with Gasteiger partial charge in [0, 0.05) is 38.1 Å². The highest BCUT2D eigenvalue weighted by atomic mass is 16.5. The normalized spacial score (nSPS) is 12.6. The van der Waals surface area contributed by atoms with E-state index in [1.165, 1.54) is 29.6 Å². The molecule has 3 rings (SSSR count). The Morgan fingerprint density at radius 1 is 0.933 bits per heavy atom. The molecule has 1 aliphatic carbocycles. The molecular weight excluding hydrogens is 380 g/mol. The van der Waals surface area contributed by atoms with Gasteiger partial charge in [-0.3, -0.25) is 14.4 Å². The van der Waals surface area contributed by atoms with E-state index in [0.29, 0.717) is 22.6 Å². The summed E-state index contributed by atoms with van der Waals surface area (Å²) >= 11 is 0. The van der Waals surface area contributed by atoms with E-state index in [9.17, 15) is 14.4 Å². The predicted octanol–water partition coefficient (Wildman–Crippen LogP) is 3.88. The van der Waals surface area contributed by atoms with Crippen molar-refractivity contribution in [2.75, 3.05) is 26.5 Å². The largest absolute Gasteiger partial charge is 0.495 e. The fourth-order valence-corrected chi connectivity index (χ4v) is 3.69. The number of anilines is 1. The van der Waals surface area contributed by atoms with Crippen molar-refractivity contribution in [2.24, 2.45) is 0 Å². The van der Waals surface area contributed by atoms with Crippen LogP contribution in [0, 0.1) is 0 Å². The first-order chi connectivity index (χ1) is 14.4. The van der Waals surface area contributed by atoms with Gasteiger partial charge in [0.15, 0.2) is 5.78 Å². The molecule has 0 bridgehead atoms. The number of aryl methyl sites for hydroxylation is 2. The van der Waals surface area contributed by atoms with Gasteiger partial charge in [-0.25, -0.2) is 0 Å². The number of amides is 2. The Kier molecular flexibility index (Phi) is 6.87. The van der Waals surface area contributed by atoms with Gasteiger partial charge in [-0.2, -0.15) is 0 Å². The quantitative estimate of drug-likeness (QED) is 0.706. The Morgan fingerprint density at radius 3 is 2.33 bits per heavy atom. The number of benzene rings is 2. The zero-order valence-electron chi connectivity index (χ0n) is 17.8. The van der Waals surface area contributed by atoms with Crippen molar-refractivity contribution in [3.8, 4) is 5.75 Å². The molecule has 0 saturated carbocycles. The van der Waals surface area contributed by atoms with Gasteiger partial charge < -0.3 is 15.0 Å². The monoisotopic (exact) mass is 408 g/mol. The summed E-state index contributed by atoms with van der Waals surface area (Å²) in [6, 6.07) is 10.8. The highest BCUT2D eigenvalue weighted by Gasteiger charge is 2.16. The van der Waals surface area contributed by atoms with Gasteiger partial charge in [0.25, 0.3) is 5.91 Å². The zero-order chi connectivity index (χ0) is 21.7. The number of carbonyl (C=O) groups excluding carboxylic acids is 3. The second-order valence-electron chi connectivity index (χ2n) is 7.78. The zero-order valence-corrected chi connectivity index (χ0v) is 17.8. The van der Waals surface area contributed by atoms with Gasteiger partial charge in [-0.15, -0.1) is 0 Å². The average Bonchev–Trinajstić information content (AvgIpc) is 2.76. The molecule has 0 aliphatic heterocycles. The Morgan fingerprint density at radius 2 is 1.63 bits per heavy atom. The number of hydrogen-bond donors (Lipinski definition) is 1. The molecule has 6 heteroatoms. The summed E-state index contributed by atoms with van der Waals surface area (Å²) < 4.78 is 5.28. The Hall–Kier alpha value is -3.15. The molecule has 0 aromatic heterocycles. The van der Waals surface area contributed by atoms with E-state index >= 15 is 0 Å². The topological polar surface area (TPSA) is 75.7 Å². The summed E-state index contributed by atoms with van der Waals surface area (Å²) in [5, 5.41) is 2.77. The fourth-order valence-electron chi connectivity index (χ4n) is 3.69. The van der Waals surface area contributed by atoms with Crippen LogP contribution in [0.3, 0.4) is 0 Å². The molecule has 30 heavy (non-hydrogen) atoms. The lowest BCUT2D eigenvalue weighted by molar-refractivity contribution is -0.116. The number of ketones is 1. The molecule has 0 heterocycles. The highest BCUT2D eigenvalue weighted by Crippen LogP contribution is 2.27. The van der Waals surface area contributed by atoms with Crippen LogP contribution in [-0.2, 0) is 17.6 Å². The summed E-state index contributed by atoms with van der Waals surface area (Å²) in [5.41, 5.74) is 4.11. The third-order valence-electron chi connectivity index (χ3n) is 5.38. The molecule has 2 amide bonds. The van der Waals surface area contributed by atoms with Crippen LogP contribution in [0.15, 0.2) is 36.4 Å². The smallest absolute Gasteiger partial charge is 0.253 e. The number of fused-ring (bicyclic) bond motifs is 1. The van der Waals surface area contributed by atoms with Crippen LogP contribution < -0.4 is 10.1 Å². The lowest BCUT2D eigenvalue weighted by atomic mass is 9.89. The van der Waals surface area contributed by atoms with E-state index in [1.54, 1.807) is 32.3 Å². The highest BCUT2D eigenvalue weighted by molar-refractivity contribution is 6.01. The van der Waals surface area contributed by atoms with Gasteiger partial charge in [0.1, 0.15) is 5.75 Å². The molecule has 0 spiro atoms. The van der Waals surface area contributed by atoms with Crippen molar-refractivity contribution < 1.29 is 19.1 Å². The minimum Gasteiger partial charge on any atom is -0.495 e. The van der Waals surface area contributed by atoms with E-state index in [0.717, 1.165) is 19.3 Å². The lowest BCUT2D eigenvalue weighted by Gasteiger charge is -2.16. The molecular formula is C24H28N2O4. The Bertz CT molecular complexity index is 966. The van der Waals surface area contributed by atoms with E-state index in [-0.39, 0.29) is 30.4 Å². The lowest BCUT2D eigenvalue weighted by Crippen LogP contribution is -2.22. The number of methoxy groups -OCH3 is 1. The molecule has 0 unspecified atom stereocenters. The maximum Gasteiger partial charge on any atom is 0.253 e. The maximum atomic E-state index is 12.6. The van der Waals surface area contributed by atoms with E-state index in [1.807, 2.05) is 18.2 Å². The van der Waals surface area contributed by atoms with Crippen molar-refractivity contribution >= 4 is 23.3 Å². The number of rotatable bonds is 7. The van der Waals surface area contributed by atoms with Crippen LogP contribution in [0.1, 0.15) is 57.5 Å². The number of ether oxygens (including phenoxy) is 1. The SMILES string of the molecule is COc1ccc(C(=O)N(C)C)cc1NC(=O)CCC(=O)c1ccc2c(c1)CCCC2. The third-order valence-corrected chi connectivity index (χ3v) is 5.38. The summed E-state index contributed by atoms with van der Waals surface area (Å²) in [4.78, 5) is 38.7. The van der Waals surface area contributed by atoms with E-state index < -0.39 is 0 Å². The first-order valence-electron chi connectivity index (χ1n) is 10.2. The van der Waals surface area contributed by atoms with Crippen LogP contribution in [-0.4, -0.2) is 43.7 Å². The average molecular weight is 408 g/mol. The molecule has 0 radical (unpaired) electrons. The standard InChI is InChI=1S/C24H28N2O4/c1-26(2)24(29)19-10-12-22(30-3)20(15-19)25-23(28)13-11-21(27)18-9-8-16-6-4-5-7-17(16)14-18/h8-10,12,14-15H,4-7,11,13H2,1-3H3,(H,25,28). The third kappa shape index (κ3) is 5.06. The summed E-state index contributed by atoms with van der Waals surface area (Å²) in [6.07, 6.45) is 4.63. The molecule has 0 atom stereocenters. The Balaban J connectivity index is 1.63. The second-order valence-corrected chi connectivity index (χ2v) is 7.78. The van der Waals surface area contributed by atoms with Gasteiger partial charge in [0.2, 0.25) is 5.91 Å². The van der Waals surface area contributed by atoms with Gasteiger partial charge in [-0.05, 0) is 61.1 Å². The first-order valence-corrected chi connectivity index (χ1v) is 10.2. The summed E-state index contributed by atoms with van der Waals surface area (Å²) in [7, 11) is 4.83. The molecule has 158 valence electrons. The molecule has 1 aliphatic rings. The van der Waals surface area contributed by atoms with Gasteiger partial charge in [-0.1, -0.05) is 12.1 Å². The minimum absolute atomic E-state index is 0.0398. The van der Waals surface area contributed by atoms with E-state index in [4.69, 9.17) is 4.74 Å². The van der Waals surface area contributed by atoms with Crippen LogP contribution in [0.5, 0.6) is 5.75 Å². The summed E-state index contributed by atoms with van der Waals surface area (Å²) in [6.45, 7) is 0. The maximum absolute atomic E-state index is 12.6. The van der Waals surface area contributed by atoms with Gasteiger partial charge in [0.05, 0.1) is 12.8 Å². The molecule has 6 nitrogen and oxygen atoms in total. The first kappa shape index (κ1) is 21.6. The molecule has 0 fully saturated rings. The van der Waals surface area contributed by atoms with Crippen LogP contribution in [0.25, 0.3) is 0 Å². The van der Waals surface area contributed by atoms with Crippen LogP contribution in [0.2, 0.25) is 0 Å². The minimum atomic E-state index is -0.297. The number of hydrogen-bond acceptors (Lipinski definition) is 4. The number of Topliss-reactive ketones (excluding diaryl/α,β-unsaturated/α-hetero) is 1. The van der Waals surface area contributed by atoms with Crippen molar-refractivity contribution in [1.82, 2.24) is 4.90 Å². The number of nitrogens with one attached hydrogen (secondary N) is 1. The molecule has 2 aromatic carbocycles. The van der Waals surface area contributed by atoms with Crippen molar-refractivity contribution in [2.45, 2.75) is 38.5 Å². The fraction of sp³-hybridized carbons (Fsp3) is 0.375.